The first-order chi connectivity index (χ1) is 20.4. The first-order valence-corrected chi connectivity index (χ1v) is 16.3. The van der Waals surface area contributed by atoms with Crippen molar-refractivity contribution in [2.75, 3.05) is 13.2 Å². The van der Waals surface area contributed by atoms with Gasteiger partial charge in [0.25, 0.3) is 20.2 Å². The molecule has 0 aliphatic rings. The summed E-state index contributed by atoms with van der Waals surface area (Å²) in [6, 6.07) is 23.0. The van der Waals surface area contributed by atoms with Crippen molar-refractivity contribution in [1.82, 2.24) is 0 Å². The van der Waals surface area contributed by atoms with Crippen LogP contribution >= 0.6 is 0 Å². The number of benzene rings is 4. The van der Waals surface area contributed by atoms with E-state index in [2.05, 4.69) is 0 Å². The molecule has 0 aromatic heterocycles. The lowest BCUT2D eigenvalue weighted by atomic mass is 9.92. The zero-order valence-electron chi connectivity index (χ0n) is 23.7. The van der Waals surface area contributed by atoms with Gasteiger partial charge in [0.1, 0.15) is 12.4 Å². The molecule has 0 saturated heterocycles. The van der Waals surface area contributed by atoms with E-state index in [4.69, 9.17) is 13.1 Å². The second kappa shape index (κ2) is 14.2. The number of hydrogen-bond donors (Lipinski definition) is 0. The molecule has 7 nitrogen and oxygen atoms in total. The Labute approximate surface area is 251 Å². The van der Waals surface area contributed by atoms with Gasteiger partial charge in [0, 0.05) is 11.6 Å². The van der Waals surface area contributed by atoms with Crippen molar-refractivity contribution in [3.05, 3.63) is 125 Å². The third-order valence-electron chi connectivity index (χ3n) is 6.73. The van der Waals surface area contributed by atoms with Crippen molar-refractivity contribution in [1.29, 1.82) is 0 Å². The van der Waals surface area contributed by atoms with Crippen molar-refractivity contribution < 1.29 is 38.7 Å². The Morgan fingerprint density at radius 1 is 0.674 bits per heavy atom. The topological polar surface area (TPSA) is 96.0 Å². The molecule has 4 rings (SSSR count). The molecule has 11 heteroatoms. The van der Waals surface area contributed by atoms with Crippen LogP contribution in [-0.4, -0.2) is 30.0 Å². The largest absolute Gasteiger partial charge is 0.486 e. The summed E-state index contributed by atoms with van der Waals surface area (Å²) in [6.45, 7) is 2.93. The second-order valence-electron chi connectivity index (χ2n) is 10.0. The summed E-state index contributed by atoms with van der Waals surface area (Å²) in [6.07, 6.45) is -0.0761. The van der Waals surface area contributed by atoms with Crippen molar-refractivity contribution in [2.24, 2.45) is 0 Å². The molecule has 0 radical (unpaired) electrons. The molecule has 0 heterocycles. The van der Waals surface area contributed by atoms with Gasteiger partial charge in [-0.3, -0.25) is 8.37 Å². The second-order valence-corrected chi connectivity index (χ2v) is 13.3. The van der Waals surface area contributed by atoms with Gasteiger partial charge in [0.05, 0.1) is 23.0 Å². The van der Waals surface area contributed by atoms with Crippen LogP contribution < -0.4 is 4.74 Å². The van der Waals surface area contributed by atoms with E-state index in [1.54, 1.807) is 48.5 Å². The predicted molar refractivity (Wildman–Crippen MR) is 158 cm³/mol. The molecule has 0 saturated carbocycles. The lowest BCUT2D eigenvalue weighted by Crippen LogP contribution is -2.15. The molecule has 0 spiro atoms. The van der Waals surface area contributed by atoms with Gasteiger partial charge in [0.2, 0.25) is 0 Å². The van der Waals surface area contributed by atoms with E-state index in [0.717, 1.165) is 22.8 Å². The summed E-state index contributed by atoms with van der Waals surface area (Å²) in [4.78, 5) is -0.0725. The Morgan fingerprint density at radius 3 is 1.65 bits per heavy atom. The minimum atomic E-state index is -4.12. The highest BCUT2D eigenvalue weighted by molar-refractivity contribution is 7.87. The lowest BCUT2D eigenvalue weighted by molar-refractivity contribution is 0.256. The lowest BCUT2D eigenvalue weighted by Gasteiger charge is -2.21. The van der Waals surface area contributed by atoms with Crippen LogP contribution in [0.15, 0.2) is 101 Å². The average molecular weight is 631 g/mol. The molecule has 4 aromatic carbocycles. The highest BCUT2D eigenvalue weighted by Gasteiger charge is 2.25. The zero-order valence-corrected chi connectivity index (χ0v) is 25.3. The molecule has 0 amide bonds. The van der Waals surface area contributed by atoms with Gasteiger partial charge in [0.15, 0.2) is 11.6 Å². The van der Waals surface area contributed by atoms with Crippen LogP contribution in [0.1, 0.15) is 41.0 Å². The molecule has 0 aliphatic carbocycles. The molecule has 0 atom stereocenters. The molecule has 228 valence electrons. The quantitative estimate of drug-likeness (QED) is 0.141. The fourth-order valence-corrected chi connectivity index (χ4v) is 6.21. The molecule has 0 fully saturated rings. The smallest absolute Gasteiger partial charge is 0.296 e. The van der Waals surface area contributed by atoms with Crippen LogP contribution in [0.2, 0.25) is 0 Å². The van der Waals surface area contributed by atoms with Crippen molar-refractivity contribution in [3.63, 3.8) is 0 Å². The van der Waals surface area contributed by atoms with Gasteiger partial charge in [-0.25, -0.2) is 8.78 Å². The first-order valence-electron chi connectivity index (χ1n) is 13.5. The summed E-state index contributed by atoms with van der Waals surface area (Å²) in [5.41, 5.74) is 2.58. The zero-order chi connectivity index (χ0) is 31.0. The average Bonchev–Trinajstić information content (AvgIpc) is 2.96. The van der Waals surface area contributed by atoms with Gasteiger partial charge >= 0.3 is 0 Å². The van der Waals surface area contributed by atoms with E-state index < -0.39 is 37.8 Å². The van der Waals surface area contributed by atoms with Crippen LogP contribution in [0.5, 0.6) is 5.75 Å². The van der Waals surface area contributed by atoms with Crippen LogP contribution in [-0.2, 0) is 35.2 Å². The monoisotopic (exact) mass is 630 g/mol. The predicted octanol–water partition coefficient (Wildman–Crippen LogP) is 6.84. The van der Waals surface area contributed by atoms with E-state index in [1.807, 2.05) is 19.9 Å². The maximum Gasteiger partial charge on any atom is 0.296 e. The Kier molecular flexibility index (Phi) is 10.7. The van der Waals surface area contributed by atoms with Crippen molar-refractivity contribution in [2.45, 2.75) is 49.0 Å². The van der Waals surface area contributed by atoms with Crippen LogP contribution in [0.4, 0.5) is 8.78 Å². The van der Waals surface area contributed by atoms with E-state index in [1.165, 1.54) is 24.3 Å². The van der Waals surface area contributed by atoms with Gasteiger partial charge in [-0.15, -0.1) is 0 Å². The highest BCUT2D eigenvalue weighted by atomic mass is 32.2. The maximum absolute atomic E-state index is 15.1. The summed E-state index contributed by atoms with van der Waals surface area (Å²) in [7, 11) is -8.23. The van der Waals surface area contributed by atoms with E-state index in [-0.39, 0.29) is 53.8 Å². The number of aryl methyl sites for hydroxylation is 2. The fourth-order valence-electron chi connectivity index (χ4n) is 4.37. The van der Waals surface area contributed by atoms with Gasteiger partial charge in [-0.2, -0.15) is 16.8 Å². The summed E-state index contributed by atoms with van der Waals surface area (Å²) in [5, 5.41) is 0. The Bertz CT molecular complexity index is 1640. The summed E-state index contributed by atoms with van der Waals surface area (Å²) < 4.78 is 96.9. The third-order valence-corrected chi connectivity index (χ3v) is 9.38. The number of hydrogen-bond acceptors (Lipinski definition) is 7. The molecular formula is C32H32F2O7S2. The van der Waals surface area contributed by atoms with Crippen molar-refractivity contribution >= 4 is 20.2 Å². The van der Waals surface area contributed by atoms with E-state index in [0.29, 0.717) is 6.07 Å². The molecular weight excluding hydrogens is 598 g/mol. The molecule has 0 aliphatic heterocycles. The number of rotatable bonds is 14. The Balaban J connectivity index is 1.56. The number of ether oxygens (including phenoxy) is 1. The highest BCUT2D eigenvalue weighted by Crippen LogP contribution is 2.36. The van der Waals surface area contributed by atoms with Crippen LogP contribution in [0, 0.1) is 25.5 Å². The summed E-state index contributed by atoms with van der Waals surface area (Å²) >= 11 is 0. The normalized spacial score (nSPS) is 12.0. The maximum atomic E-state index is 15.1. The van der Waals surface area contributed by atoms with Crippen LogP contribution in [0.3, 0.4) is 0 Å². The Hall–Kier alpha value is -3.64. The van der Waals surface area contributed by atoms with E-state index in [9.17, 15) is 21.2 Å². The molecule has 0 bridgehead atoms. The van der Waals surface area contributed by atoms with Crippen LogP contribution in [0.25, 0.3) is 0 Å². The Morgan fingerprint density at radius 2 is 1.16 bits per heavy atom. The molecule has 43 heavy (non-hydrogen) atoms. The number of halogens is 2. The molecule has 4 aromatic rings. The van der Waals surface area contributed by atoms with Gasteiger partial charge in [-0.05, 0) is 68.5 Å². The van der Waals surface area contributed by atoms with Gasteiger partial charge in [-0.1, -0.05) is 65.7 Å². The van der Waals surface area contributed by atoms with Crippen molar-refractivity contribution in [3.8, 4) is 5.75 Å². The SMILES string of the molecule is Cc1ccc(S(=O)(=O)OCCC(CCOS(=O)(=O)c2ccc(C)cc2)c2cc(F)cc(F)c2OCc2ccccc2)cc1. The summed E-state index contributed by atoms with van der Waals surface area (Å²) in [5.74, 6) is -2.83. The minimum Gasteiger partial charge on any atom is -0.486 e. The van der Waals surface area contributed by atoms with Gasteiger partial charge < -0.3 is 4.74 Å². The first kappa shape index (κ1) is 32.3. The third kappa shape index (κ3) is 8.93. The van der Waals surface area contributed by atoms with E-state index >= 15 is 4.39 Å². The minimum absolute atomic E-state index is 0.0142. The fraction of sp³-hybridized carbons (Fsp3) is 0.250. The molecule has 0 unspecified atom stereocenters. The standard InChI is InChI=1S/C32H32F2O7S2/c1-23-8-12-28(13-9-23)42(35,36)40-18-16-26(17-19-41-43(37,38)29-14-10-24(2)11-15-29)30-20-27(33)21-31(34)32(30)39-22-25-6-4-3-5-7-25/h3-15,20-21,26H,16-19,22H2,1-2H3. The molecule has 0 N–H and O–H groups in total.